The van der Waals surface area contributed by atoms with E-state index >= 15 is 0 Å². The summed E-state index contributed by atoms with van der Waals surface area (Å²) in [5.41, 5.74) is 0.242. The third-order valence-electron chi connectivity index (χ3n) is 3.35. The first-order chi connectivity index (χ1) is 9.15. The van der Waals surface area contributed by atoms with Gasteiger partial charge in [0.05, 0.1) is 0 Å². The van der Waals surface area contributed by atoms with Gasteiger partial charge in [-0.15, -0.1) is 0 Å². The molecule has 1 aliphatic heterocycles. The number of benzene rings is 1. The van der Waals surface area contributed by atoms with Crippen molar-refractivity contribution >= 4 is 11.8 Å². The third-order valence-corrected chi connectivity index (χ3v) is 4.81. The van der Waals surface area contributed by atoms with Crippen molar-refractivity contribution in [3.63, 3.8) is 0 Å². The highest BCUT2D eigenvalue weighted by molar-refractivity contribution is 8.00. The Morgan fingerprint density at radius 3 is 2.74 bits per heavy atom. The first-order valence-corrected chi connectivity index (χ1v) is 7.68. The van der Waals surface area contributed by atoms with Crippen LogP contribution in [0.15, 0.2) is 12.1 Å². The quantitative estimate of drug-likeness (QED) is 0.821. The van der Waals surface area contributed by atoms with Gasteiger partial charge in [-0.2, -0.15) is 11.8 Å². The molecule has 0 spiro atoms. The van der Waals surface area contributed by atoms with Crippen LogP contribution in [0.2, 0.25) is 0 Å². The van der Waals surface area contributed by atoms with Crippen LogP contribution < -0.4 is 5.32 Å². The molecule has 1 heterocycles. The molecular formula is C14H18F3NS. The Morgan fingerprint density at radius 1 is 1.32 bits per heavy atom. The van der Waals surface area contributed by atoms with Gasteiger partial charge in [0.1, 0.15) is 0 Å². The van der Waals surface area contributed by atoms with E-state index in [1.54, 1.807) is 11.8 Å². The molecule has 1 fully saturated rings. The van der Waals surface area contributed by atoms with Crippen LogP contribution in [0.25, 0.3) is 0 Å². The summed E-state index contributed by atoms with van der Waals surface area (Å²) in [5.74, 6) is -2.51. The summed E-state index contributed by atoms with van der Waals surface area (Å²) >= 11 is 1.77. The molecule has 106 valence electrons. The molecule has 19 heavy (non-hydrogen) atoms. The van der Waals surface area contributed by atoms with Crippen molar-refractivity contribution in [1.82, 2.24) is 5.32 Å². The van der Waals surface area contributed by atoms with Crippen molar-refractivity contribution < 1.29 is 13.2 Å². The van der Waals surface area contributed by atoms with Crippen LogP contribution >= 0.6 is 11.8 Å². The molecule has 1 N–H and O–H groups in total. The second-order valence-electron chi connectivity index (χ2n) is 4.75. The van der Waals surface area contributed by atoms with Crippen molar-refractivity contribution in [1.29, 1.82) is 0 Å². The molecule has 2 atom stereocenters. The maximum atomic E-state index is 13.9. The van der Waals surface area contributed by atoms with Gasteiger partial charge in [-0.25, -0.2) is 13.2 Å². The van der Waals surface area contributed by atoms with Crippen molar-refractivity contribution in [2.45, 2.75) is 37.5 Å². The third kappa shape index (κ3) is 3.26. The van der Waals surface area contributed by atoms with Gasteiger partial charge in [0.2, 0.25) is 0 Å². The Morgan fingerprint density at radius 2 is 2.11 bits per heavy atom. The number of halogens is 3. The second-order valence-corrected chi connectivity index (χ2v) is 6.09. The average Bonchev–Trinajstić information content (AvgIpc) is 2.92. The number of nitrogens with one attached hydrogen (secondary N) is 1. The van der Waals surface area contributed by atoms with E-state index in [0.717, 1.165) is 37.6 Å². The molecule has 0 aliphatic carbocycles. The summed E-state index contributed by atoms with van der Waals surface area (Å²) in [6.45, 7) is 2.76. The Labute approximate surface area is 116 Å². The van der Waals surface area contributed by atoms with E-state index in [1.807, 2.05) is 6.92 Å². The summed E-state index contributed by atoms with van der Waals surface area (Å²) < 4.78 is 40.3. The van der Waals surface area contributed by atoms with Crippen LogP contribution in [0, 0.1) is 17.5 Å². The molecular weight excluding hydrogens is 271 g/mol. The highest BCUT2D eigenvalue weighted by Gasteiger charge is 2.30. The lowest BCUT2D eigenvalue weighted by atomic mass is 9.99. The fourth-order valence-electron chi connectivity index (χ4n) is 2.39. The smallest absolute Gasteiger partial charge is 0.194 e. The predicted molar refractivity (Wildman–Crippen MR) is 72.8 cm³/mol. The van der Waals surface area contributed by atoms with Gasteiger partial charge in [0.25, 0.3) is 0 Å². The van der Waals surface area contributed by atoms with Gasteiger partial charge in [0, 0.05) is 16.9 Å². The van der Waals surface area contributed by atoms with Crippen LogP contribution in [0.1, 0.15) is 37.8 Å². The molecule has 1 nitrogen and oxygen atoms in total. The average molecular weight is 289 g/mol. The molecule has 2 rings (SSSR count). The van der Waals surface area contributed by atoms with Crippen LogP contribution in [-0.4, -0.2) is 17.5 Å². The minimum Gasteiger partial charge on any atom is -0.309 e. The Bertz CT molecular complexity index is 433. The van der Waals surface area contributed by atoms with Crippen LogP contribution in [-0.2, 0) is 0 Å². The standard InChI is InChI=1S/C14H18F3NS/c1-2-7-18-14(11-4-3-8-19-11)9-5-6-10(15)13(17)12(9)16/h5-6,11,14,18H,2-4,7-8H2,1H3. The zero-order valence-corrected chi connectivity index (χ0v) is 11.7. The van der Waals surface area contributed by atoms with E-state index < -0.39 is 17.5 Å². The number of hydrogen-bond donors (Lipinski definition) is 1. The molecule has 5 heteroatoms. The Kier molecular flexibility index (Phi) is 5.16. The van der Waals surface area contributed by atoms with Gasteiger partial charge < -0.3 is 5.32 Å². The lowest BCUT2D eigenvalue weighted by molar-refractivity contribution is 0.418. The number of hydrogen-bond acceptors (Lipinski definition) is 2. The van der Waals surface area contributed by atoms with Gasteiger partial charge in [0.15, 0.2) is 17.5 Å². The fourth-order valence-corrected chi connectivity index (χ4v) is 3.79. The minimum absolute atomic E-state index is 0.228. The van der Waals surface area contributed by atoms with Crippen molar-refractivity contribution in [3.05, 3.63) is 35.1 Å². The maximum absolute atomic E-state index is 13.9. The van der Waals surface area contributed by atoms with Crippen LogP contribution in [0.4, 0.5) is 13.2 Å². The number of rotatable bonds is 5. The summed E-state index contributed by atoms with van der Waals surface area (Å²) in [5, 5.41) is 3.49. The first kappa shape index (κ1) is 14.7. The molecule has 1 aromatic carbocycles. The van der Waals surface area contributed by atoms with E-state index in [1.165, 1.54) is 6.07 Å². The maximum Gasteiger partial charge on any atom is 0.194 e. The normalized spacial score (nSPS) is 20.7. The van der Waals surface area contributed by atoms with Gasteiger partial charge >= 0.3 is 0 Å². The molecule has 1 aliphatic rings. The molecule has 0 saturated carbocycles. The van der Waals surface area contributed by atoms with Crippen molar-refractivity contribution in [2.75, 3.05) is 12.3 Å². The van der Waals surface area contributed by atoms with E-state index in [9.17, 15) is 13.2 Å². The van der Waals surface area contributed by atoms with Crippen LogP contribution in [0.5, 0.6) is 0 Å². The largest absolute Gasteiger partial charge is 0.309 e. The van der Waals surface area contributed by atoms with E-state index in [0.29, 0.717) is 0 Å². The zero-order chi connectivity index (χ0) is 13.8. The topological polar surface area (TPSA) is 12.0 Å². The van der Waals surface area contributed by atoms with Crippen molar-refractivity contribution in [2.24, 2.45) is 0 Å². The highest BCUT2D eigenvalue weighted by Crippen LogP contribution is 2.37. The van der Waals surface area contributed by atoms with E-state index in [4.69, 9.17) is 0 Å². The fraction of sp³-hybridized carbons (Fsp3) is 0.571. The Balaban J connectivity index is 2.28. The summed E-state index contributed by atoms with van der Waals surface area (Å²) in [4.78, 5) is 0. The summed E-state index contributed by atoms with van der Waals surface area (Å²) in [7, 11) is 0. The summed E-state index contributed by atoms with van der Waals surface area (Å²) in [6.07, 6.45) is 2.98. The summed E-state index contributed by atoms with van der Waals surface area (Å²) in [6, 6.07) is 2.12. The van der Waals surface area contributed by atoms with Gasteiger partial charge in [-0.05, 0) is 37.6 Å². The predicted octanol–water partition coefficient (Wildman–Crippen LogP) is 4.04. The molecule has 1 saturated heterocycles. The molecule has 0 bridgehead atoms. The SMILES string of the molecule is CCCNC(c1ccc(F)c(F)c1F)C1CCCS1. The molecule has 2 unspecified atom stereocenters. The second kappa shape index (κ2) is 6.66. The number of thioether (sulfide) groups is 1. The molecule has 0 aromatic heterocycles. The van der Waals surface area contributed by atoms with Crippen molar-refractivity contribution in [3.8, 4) is 0 Å². The monoisotopic (exact) mass is 289 g/mol. The van der Waals surface area contributed by atoms with Crippen LogP contribution in [0.3, 0.4) is 0 Å². The molecule has 0 radical (unpaired) electrons. The minimum atomic E-state index is -1.37. The lowest BCUT2D eigenvalue weighted by Crippen LogP contribution is -2.30. The zero-order valence-electron chi connectivity index (χ0n) is 10.9. The van der Waals surface area contributed by atoms with Gasteiger partial charge in [-0.1, -0.05) is 13.0 Å². The highest BCUT2D eigenvalue weighted by atomic mass is 32.2. The van der Waals surface area contributed by atoms with E-state index in [2.05, 4.69) is 5.32 Å². The molecule has 0 amide bonds. The Hall–Kier alpha value is -0.680. The molecule has 1 aromatic rings. The lowest BCUT2D eigenvalue weighted by Gasteiger charge is -2.25. The van der Waals surface area contributed by atoms with Gasteiger partial charge in [-0.3, -0.25) is 0 Å². The van der Waals surface area contributed by atoms with E-state index in [-0.39, 0.29) is 16.9 Å². The first-order valence-electron chi connectivity index (χ1n) is 6.63.